The fourth-order valence-corrected chi connectivity index (χ4v) is 8.33. The van der Waals surface area contributed by atoms with Crippen molar-refractivity contribution in [1.82, 2.24) is 10.3 Å². The van der Waals surface area contributed by atoms with Crippen LogP contribution in [0.15, 0.2) is 43.2 Å². The highest BCUT2D eigenvalue weighted by atomic mass is 32.3. The Labute approximate surface area is 148 Å². The number of aromatic nitrogens is 1. The van der Waals surface area contributed by atoms with E-state index in [1.807, 2.05) is 53.2 Å². The summed E-state index contributed by atoms with van der Waals surface area (Å²) >= 11 is 7.58. The average Bonchev–Trinajstić information content (AvgIpc) is 3.13. The minimum Gasteiger partial charge on any atom is -0.304 e. The molecule has 1 N–H and O–H groups in total. The molecule has 0 saturated heterocycles. The van der Waals surface area contributed by atoms with Crippen molar-refractivity contribution in [1.29, 1.82) is 0 Å². The van der Waals surface area contributed by atoms with Crippen LogP contribution in [0.4, 0.5) is 0 Å². The van der Waals surface area contributed by atoms with Crippen LogP contribution in [0, 0.1) is 5.92 Å². The summed E-state index contributed by atoms with van der Waals surface area (Å²) in [6, 6.07) is 4.62. The highest BCUT2D eigenvalue weighted by Gasteiger charge is 2.40. The van der Waals surface area contributed by atoms with E-state index in [0.29, 0.717) is 12.0 Å². The van der Waals surface area contributed by atoms with Gasteiger partial charge in [0.2, 0.25) is 0 Å². The van der Waals surface area contributed by atoms with Gasteiger partial charge in [0.15, 0.2) is 0 Å². The Kier molecular flexibility index (Phi) is 4.39. The minimum atomic E-state index is 0.334. The van der Waals surface area contributed by atoms with E-state index in [1.165, 1.54) is 29.5 Å². The number of nitrogens with one attached hydrogen (secondary N) is 1. The topological polar surface area (TPSA) is 24.9 Å². The van der Waals surface area contributed by atoms with Gasteiger partial charge < -0.3 is 5.32 Å². The monoisotopic (exact) mass is 364 g/mol. The lowest BCUT2D eigenvalue weighted by Gasteiger charge is -2.23. The molecule has 1 aromatic rings. The van der Waals surface area contributed by atoms with E-state index in [1.54, 1.807) is 0 Å². The summed E-state index contributed by atoms with van der Waals surface area (Å²) in [4.78, 5) is 4.67. The van der Waals surface area contributed by atoms with Gasteiger partial charge in [-0.2, -0.15) is 0 Å². The first kappa shape index (κ1) is 15.3. The second kappa shape index (κ2) is 6.32. The molecule has 0 radical (unpaired) electrons. The fraction of sp³-hybridized carbons (Fsp3) is 0.312. The molecule has 2 unspecified atom stereocenters. The number of rotatable bonds is 2. The number of hydrogen-bond donors (Lipinski definition) is 1. The van der Waals surface area contributed by atoms with Gasteiger partial charge >= 0.3 is 0 Å². The Morgan fingerprint density at radius 3 is 2.73 bits per heavy atom. The summed E-state index contributed by atoms with van der Waals surface area (Å²) in [5, 5.41) is 3.62. The van der Waals surface area contributed by atoms with E-state index in [0.717, 1.165) is 6.54 Å². The Morgan fingerprint density at radius 2 is 2.00 bits per heavy atom. The molecule has 2 atom stereocenters. The van der Waals surface area contributed by atoms with E-state index < -0.39 is 0 Å². The first-order valence-electron chi connectivity index (χ1n) is 7.11. The van der Waals surface area contributed by atoms with Crippen LogP contribution in [0.5, 0.6) is 0 Å². The van der Waals surface area contributed by atoms with E-state index >= 15 is 0 Å². The maximum atomic E-state index is 4.67. The molecule has 6 heteroatoms. The molecule has 2 nitrogen and oxygen atoms in total. The van der Waals surface area contributed by atoms with Gasteiger partial charge in [0.05, 0.1) is 24.4 Å². The Morgan fingerprint density at radius 1 is 1.23 bits per heavy atom. The summed E-state index contributed by atoms with van der Waals surface area (Å²) in [6.07, 6.45) is 10.9. The fourth-order valence-electron chi connectivity index (χ4n) is 3.13. The lowest BCUT2D eigenvalue weighted by atomic mass is 9.95. The second-order valence-electron chi connectivity index (χ2n) is 5.16. The van der Waals surface area contributed by atoms with Crippen LogP contribution in [0.3, 0.4) is 0 Å². The molecule has 1 aromatic heterocycles. The van der Waals surface area contributed by atoms with Gasteiger partial charge in [-0.1, -0.05) is 41.7 Å². The van der Waals surface area contributed by atoms with Crippen LogP contribution in [0.25, 0.3) is 5.57 Å². The second-order valence-corrected chi connectivity index (χ2v) is 9.61. The minimum absolute atomic E-state index is 0.334. The highest BCUT2D eigenvalue weighted by Crippen LogP contribution is 2.61. The molecule has 0 saturated carbocycles. The van der Waals surface area contributed by atoms with Crippen LogP contribution in [-0.2, 0) is 0 Å². The third kappa shape index (κ3) is 2.40. The van der Waals surface area contributed by atoms with Crippen molar-refractivity contribution >= 4 is 52.6 Å². The zero-order valence-corrected chi connectivity index (χ0v) is 15.6. The average molecular weight is 365 g/mol. The lowest BCUT2D eigenvalue weighted by Crippen LogP contribution is -2.28. The first-order valence-corrected chi connectivity index (χ1v) is 11.2. The number of thioether (sulfide) groups is 4. The van der Waals surface area contributed by atoms with Gasteiger partial charge in [-0.25, -0.2) is 0 Å². The molecule has 0 bridgehead atoms. The van der Waals surface area contributed by atoms with Crippen molar-refractivity contribution in [3.63, 3.8) is 0 Å². The molecule has 1 aliphatic carbocycles. The third-order valence-electron chi connectivity index (χ3n) is 4.04. The van der Waals surface area contributed by atoms with Crippen molar-refractivity contribution < 1.29 is 0 Å². The Hall–Kier alpha value is -0.270. The van der Waals surface area contributed by atoms with Crippen LogP contribution in [-0.4, -0.2) is 24.0 Å². The van der Waals surface area contributed by atoms with Gasteiger partial charge in [-0.05, 0) is 24.2 Å². The molecule has 0 aromatic carbocycles. The molecule has 3 aliphatic rings. The molecule has 0 spiro atoms. The summed E-state index contributed by atoms with van der Waals surface area (Å²) < 4.78 is 4.30. The smallest absolute Gasteiger partial charge is 0.0658 e. The third-order valence-corrected chi connectivity index (χ3v) is 9.30. The number of pyridine rings is 1. The normalized spacial score (nSPS) is 26.6. The van der Waals surface area contributed by atoms with Crippen LogP contribution < -0.4 is 5.32 Å². The summed E-state index contributed by atoms with van der Waals surface area (Å²) in [5.74, 6) is 0.415. The quantitative estimate of drug-likeness (QED) is 0.749. The Balaban J connectivity index is 1.83. The molecule has 114 valence electrons. The van der Waals surface area contributed by atoms with Crippen molar-refractivity contribution in [3.05, 3.63) is 54.5 Å². The van der Waals surface area contributed by atoms with Crippen molar-refractivity contribution in [2.75, 3.05) is 19.1 Å². The molecular formula is C16H16N2S4. The largest absolute Gasteiger partial charge is 0.304 e. The standard InChI is InChI=1S/C16H16N2S4/c1-19-15-16(20-2)22-14(21-15)11-9-5-3-7-17-12(9)13-10(11)6-4-8-18-13/h3-7,10,13,18H,8H2,1-2H3. The van der Waals surface area contributed by atoms with Gasteiger partial charge in [0, 0.05) is 24.2 Å². The maximum absolute atomic E-state index is 4.67. The van der Waals surface area contributed by atoms with E-state index in [2.05, 4.69) is 47.1 Å². The number of fused-ring (bicyclic) bond motifs is 3. The van der Waals surface area contributed by atoms with E-state index in [-0.39, 0.29) is 0 Å². The van der Waals surface area contributed by atoms with Gasteiger partial charge in [0.25, 0.3) is 0 Å². The molecule has 22 heavy (non-hydrogen) atoms. The molecule has 4 rings (SSSR count). The van der Waals surface area contributed by atoms with Crippen molar-refractivity contribution in [2.24, 2.45) is 5.92 Å². The van der Waals surface area contributed by atoms with E-state index in [9.17, 15) is 0 Å². The van der Waals surface area contributed by atoms with Crippen molar-refractivity contribution in [3.8, 4) is 0 Å². The predicted molar refractivity (Wildman–Crippen MR) is 104 cm³/mol. The zero-order valence-electron chi connectivity index (χ0n) is 12.3. The van der Waals surface area contributed by atoms with E-state index in [4.69, 9.17) is 0 Å². The zero-order chi connectivity index (χ0) is 15.1. The SMILES string of the molecule is CSC1=C(SC)SC(=C2c3cccnc3C3NCC=CC23)S1. The molecule has 0 fully saturated rings. The lowest BCUT2D eigenvalue weighted by molar-refractivity contribution is 0.496. The Bertz CT molecular complexity index is 690. The summed E-state index contributed by atoms with van der Waals surface area (Å²) in [7, 11) is 0. The predicted octanol–water partition coefficient (Wildman–Crippen LogP) is 4.91. The number of hydrogen-bond acceptors (Lipinski definition) is 6. The van der Waals surface area contributed by atoms with Crippen LogP contribution in [0.1, 0.15) is 17.3 Å². The van der Waals surface area contributed by atoms with Gasteiger partial charge in [-0.3, -0.25) is 4.98 Å². The highest BCUT2D eigenvalue weighted by molar-refractivity contribution is 8.40. The van der Waals surface area contributed by atoms with Gasteiger partial charge in [0.1, 0.15) is 0 Å². The van der Waals surface area contributed by atoms with Crippen LogP contribution in [0.2, 0.25) is 0 Å². The maximum Gasteiger partial charge on any atom is 0.0658 e. The van der Waals surface area contributed by atoms with Crippen LogP contribution >= 0.6 is 47.0 Å². The summed E-state index contributed by atoms with van der Waals surface area (Å²) in [5.41, 5.74) is 4.00. The molecule has 2 aliphatic heterocycles. The molecule has 3 heterocycles. The van der Waals surface area contributed by atoms with Crippen molar-refractivity contribution in [2.45, 2.75) is 6.04 Å². The summed E-state index contributed by atoms with van der Waals surface area (Å²) in [6.45, 7) is 0.935. The number of nitrogens with zero attached hydrogens (tertiary/aromatic N) is 1. The van der Waals surface area contributed by atoms with Gasteiger partial charge in [-0.15, -0.1) is 23.5 Å². The first-order chi connectivity index (χ1) is 10.8. The molecular weight excluding hydrogens is 348 g/mol. The molecule has 0 amide bonds.